The van der Waals surface area contributed by atoms with Crippen LogP contribution in [-0.4, -0.2) is 30.6 Å². The molecular weight excluding hydrogens is 262 g/mol. The molecule has 2 N–H and O–H groups in total. The molecule has 2 rings (SSSR count). The van der Waals surface area contributed by atoms with Gasteiger partial charge in [-0.1, -0.05) is 12.1 Å². The van der Waals surface area contributed by atoms with Crippen LogP contribution in [0.1, 0.15) is 31.9 Å². The Morgan fingerprint density at radius 1 is 1.45 bits per heavy atom. The van der Waals surface area contributed by atoms with Crippen LogP contribution in [0.15, 0.2) is 24.3 Å². The second-order valence-corrected chi connectivity index (χ2v) is 5.51. The fraction of sp³-hybridized carbons (Fsp3) is 0.600. The summed E-state index contributed by atoms with van der Waals surface area (Å²) in [6, 6.07) is 7.58. The molecule has 1 aliphatic heterocycles. The van der Waals surface area contributed by atoms with Crippen molar-refractivity contribution in [3.8, 4) is 5.75 Å². The SMILES string of the molecule is CC1CC(CN)CN1C(C)c1cccc(OC(F)F)c1. The number of ether oxygens (including phenoxy) is 1. The Kier molecular flexibility index (Phi) is 4.94. The van der Waals surface area contributed by atoms with Crippen LogP contribution in [0.3, 0.4) is 0 Å². The summed E-state index contributed by atoms with van der Waals surface area (Å²) in [5.74, 6) is 0.736. The molecule has 1 aromatic rings. The molecule has 0 bridgehead atoms. The lowest BCUT2D eigenvalue weighted by molar-refractivity contribution is -0.0499. The van der Waals surface area contributed by atoms with E-state index in [0.29, 0.717) is 18.5 Å². The quantitative estimate of drug-likeness (QED) is 0.903. The molecule has 1 saturated heterocycles. The van der Waals surface area contributed by atoms with Gasteiger partial charge in [0.05, 0.1) is 0 Å². The van der Waals surface area contributed by atoms with E-state index in [2.05, 4.69) is 23.5 Å². The summed E-state index contributed by atoms with van der Waals surface area (Å²) in [6.45, 7) is 3.15. The monoisotopic (exact) mass is 284 g/mol. The minimum absolute atomic E-state index is 0.169. The zero-order valence-corrected chi connectivity index (χ0v) is 11.9. The molecule has 3 atom stereocenters. The first-order chi connectivity index (χ1) is 9.51. The Morgan fingerprint density at radius 2 is 2.20 bits per heavy atom. The van der Waals surface area contributed by atoms with Gasteiger partial charge in [0.2, 0.25) is 0 Å². The Balaban J connectivity index is 2.10. The maximum absolute atomic E-state index is 12.3. The maximum atomic E-state index is 12.3. The lowest BCUT2D eigenvalue weighted by atomic mass is 10.1. The molecular formula is C15H22F2N2O. The predicted octanol–water partition coefficient (Wildman–Crippen LogP) is 3.02. The van der Waals surface area contributed by atoms with E-state index in [4.69, 9.17) is 5.73 Å². The van der Waals surface area contributed by atoms with Gasteiger partial charge < -0.3 is 10.5 Å². The van der Waals surface area contributed by atoms with E-state index in [-0.39, 0.29) is 11.8 Å². The van der Waals surface area contributed by atoms with Gasteiger partial charge in [-0.05, 0) is 50.4 Å². The van der Waals surface area contributed by atoms with Gasteiger partial charge in [-0.2, -0.15) is 8.78 Å². The molecule has 1 aromatic carbocycles. The van der Waals surface area contributed by atoms with Crippen molar-refractivity contribution < 1.29 is 13.5 Å². The van der Waals surface area contributed by atoms with E-state index in [1.165, 1.54) is 0 Å². The van der Waals surface area contributed by atoms with Crippen molar-refractivity contribution in [2.45, 2.75) is 39.0 Å². The predicted molar refractivity (Wildman–Crippen MR) is 74.8 cm³/mol. The lowest BCUT2D eigenvalue weighted by Crippen LogP contribution is -2.30. The van der Waals surface area contributed by atoms with Gasteiger partial charge in [0, 0.05) is 18.6 Å². The van der Waals surface area contributed by atoms with Crippen molar-refractivity contribution in [3.63, 3.8) is 0 Å². The number of alkyl halides is 2. The molecule has 1 fully saturated rings. The molecule has 5 heteroatoms. The van der Waals surface area contributed by atoms with Gasteiger partial charge in [0.25, 0.3) is 0 Å². The average Bonchev–Trinajstić information content (AvgIpc) is 2.79. The lowest BCUT2D eigenvalue weighted by Gasteiger charge is -2.29. The Bertz CT molecular complexity index is 442. The van der Waals surface area contributed by atoms with Crippen LogP contribution in [0.5, 0.6) is 5.75 Å². The van der Waals surface area contributed by atoms with Crippen LogP contribution in [0.2, 0.25) is 0 Å². The van der Waals surface area contributed by atoms with Gasteiger partial charge in [0.1, 0.15) is 5.75 Å². The van der Waals surface area contributed by atoms with Crippen molar-refractivity contribution in [1.82, 2.24) is 4.90 Å². The highest BCUT2D eigenvalue weighted by atomic mass is 19.3. The standard InChI is InChI=1S/C15H22F2N2O/c1-10-6-12(8-18)9-19(10)11(2)13-4-3-5-14(7-13)20-15(16)17/h3-5,7,10-12,15H,6,8-9,18H2,1-2H3. The van der Waals surface area contributed by atoms with Gasteiger partial charge in [-0.25, -0.2) is 0 Å². The summed E-state index contributed by atoms with van der Waals surface area (Å²) in [6.07, 6.45) is 1.09. The molecule has 0 spiro atoms. The number of likely N-dealkylation sites (tertiary alicyclic amines) is 1. The highest BCUT2D eigenvalue weighted by molar-refractivity contribution is 5.30. The molecule has 1 heterocycles. The van der Waals surface area contributed by atoms with Crippen LogP contribution in [0.25, 0.3) is 0 Å². The number of benzene rings is 1. The number of hydrogen-bond donors (Lipinski definition) is 1. The maximum Gasteiger partial charge on any atom is 0.387 e. The highest BCUT2D eigenvalue weighted by Gasteiger charge is 2.31. The van der Waals surface area contributed by atoms with Crippen molar-refractivity contribution >= 4 is 0 Å². The van der Waals surface area contributed by atoms with Crippen molar-refractivity contribution in [3.05, 3.63) is 29.8 Å². The molecule has 0 aliphatic carbocycles. The second kappa shape index (κ2) is 6.50. The molecule has 112 valence electrons. The third kappa shape index (κ3) is 3.46. The Labute approximate surface area is 118 Å². The van der Waals surface area contributed by atoms with Gasteiger partial charge in [-0.3, -0.25) is 4.90 Å². The van der Waals surface area contributed by atoms with Gasteiger partial charge >= 0.3 is 6.61 Å². The molecule has 3 unspecified atom stereocenters. The Hall–Kier alpha value is -1.20. The average molecular weight is 284 g/mol. The minimum atomic E-state index is -2.78. The van der Waals surface area contributed by atoms with Crippen LogP contribution in [-0.2, 0) is 0 Å². The van der Waals surface area contributed by atoms with E-state index < -0.39 is 6.61 Å². The third-order valence-corrected chi connectivity index (χ3v) is 4.11. The summed E-state index contributed by atoms with van der Waals surface area (Å²) in [7, 11) is 0. The smallest absolute Gasteiger partial charge is 0.387 e. The summed E-state index contributed by atoms with van der Waals surface area (Å²) in [5.41, 5.74) is 6.74. The van der Waals surface area contributed by atoms with Crippen LogP contribution >= 0.6 is 0 Å². The van der Waals surface area contributed by atoms with E-state index >= 15 is 0 Å². The molecule has 3 nitrogen and oxygen atoms in total. The van der Waals surface area contributed by atoms with Crippen LogP contribution in [0.4, 0.5) is 8.78 Å². The number of nitrogens with zero attached hydrogens (tertiary/aromatic N) is 1. The van der Waals surface area contributed by atoms with E-state index in [1.54, 1.807) is 18.2 Å². The minimum Gasteiger partial charge on any atom is -0.435 e. The molecule has 1 aliphatic rings. The fourth-order valence-corrected chi connectivity index (χ4v) is 3.02. The first kappa shape index (κ1) is 15.2. The highest BCUT2D eigenvalue weighted by Crippen LogP contribution is 2.32. The topological polar surface area (TPSA) is 38.5 Å². The van der Waals surface area contributed by atoms with E-state index in [9.17, 15) is 8.78 Å². The molecule has 20 heavy (non-hydrogen) atoms. The molecule has 0 amide bonds. The van der Waals surface area contributed by atoms with Crippen LogP contribution in [0, 0.1) is 5.92 Å². The third-order valence-electron chi connectivity index (χ3n) is 4.11. The zero-order chi connectivity index (χ0) is 14.7. The molecule has 0 radical (unpaired) electrons. The normalized spacial score (nSPS) is 25.1. The van der Waals surface area contributed by atoms with Crippen molar-refractivity contribution in [1.29, 1.82) is 0 Å². The van der Waals surface area contributed by atoms with E-state index in [1.807, 2.05) is 6.07 Å². The number of hydrogen-bond acceptors (Lipinski definition) is 3. The van der Waals surface area contributed by atoms with Gasteiger partial charge in [0.15, 0.2) is 0 Å². The Morgan fingerprint density at radius 3 is 2.80 bits per heavy atom. The second-order valence-electron chi connectivity index (χ2n) is 5.51. The van der Waals surface area contributed by atoms with Crippen molar-refractivity contribution in [2.75, 3.05) is 13.1 Å². The summed E-state index contributed by atoms with van der Waals surface area (Å²) >= 11 is 0. The molecule has 0 saturated carbocycles. The zero-order valence-electron chi connectivity index (χ0n) is 11.9. The largest absolute Gasteiger partial charge is 0.435 e. The number of rotatable bonds is 5. The number of nitrogens with two attached hydrogens (primary N) is 1. The fourth-order valence-electron chi connectivity index (χ4n) is 3.02. The summed E-state index contributed by atoms with van der Waals surface area (Å²) < 4.78 is 29.0. The number of halogens is 2. The first-order valence-corrected chi connectivity index (χ1v) is 7.01. The van der Waals surface area contributed by atoms with Crippen molar-refractivity contribution in [2.24, 2.45) is 11.7 Å². The summed E-state index contributed by atoms with van der Waals surface area (Å²) in [5, 5.41) is 0. The van der Waals surface area contributed by atoms with Crippen LogP contribution < -0.4 is 10.5 Å². The van der Waals surface area contributed by atoms with Gasteiger partial charge in [-0.15, -0.1) is 0 Å². The summed E-state index contributed by atoms with van der Waals surface area (Å²) in [4.78, 5) is 2.37. The van der Waals surface area contributed by atoms with E-state index in [0.717, 1.165) is 18.5 Å². The molecule has 0 aromatic heterocycles. The first-order valence-electron chi connectivity index (χ1n) is 7.01.